The number of aliphatic carboxylic acids is 1. The van der Waals surface area contributed by atoms with E-state index in [2.05, 4.69) is 31.9 Å². The number of fused-ring (bicyclic) bond motifs is 5. The molecule has 5 atom stereocenters. The van der Waals surface area contributed by atoms with Crippen molar-refractivity contribution in [2.24, 2.45) is 5.92 Å². The normalized spacial score (nSPS) is 18.7. The van der Waals surface area contributed by atoms with Crippen LogP contribution in [0, 0.1) is 18.7 Å². The highest BCUT2D eigenvalue weighted by Gasteiger charge is 2.46. The monoisotopic (exact) mass is 1080 g/mol. The molecule has 2 aromatic carbocycles. The zero-order valence-electron chi connectivity index (χ0n) is 43.2. The molecule has 0 radical (unpaired) electrons. The van der Waals surface area contributed by atoms with Crippen LogP contribution in [0.4, 0.5) is 4.39 Å². The number of hydrogen-bond acceptors (Lipinski definition) is 14. The van der Waals surface area contributed by atoms with Gasteiger partial charge in [-0.3, -0.25) is 52.8 Å². The Morgan fingerprint density at radius 1 is 0.859 bits per heavy atom. The number of amides is 8. The van der Waals surface area contributed by atoms with Crippen LogP contribution >= 0.6 is 0 Å². The zero-order chi connectivity index (χ0) is 56.2. The predicted molar refractivity (Wildman–Crippen MR) is 273 cm³/mol. The molecule has 2 aromatic heterocycles. The minimum Gasteiger partial charge on any atom is -0.481 e. The molecular weight excluding hydrogens is 1020 g/mol. The fraction of sp³-hybridized carbons (Fsp3) is 0.444. The van der Waals surface area contributed by atoms with Crippen LogP contribution in [0.5, 0.6) is 0 Å². The van der Waals surface area contributed by atoms with Gasteiger partial charge in [0, 0.05) is 54.3 Å². The van der Waals surface area contributed by atoms with Crippen LogP contribution in [0.25, 0.3) is 22.3 Å². The molecule has 4 aromatic rings. The summed E-state index contributed by atoms with van der Waals surface area (Å²) in [7, 11) is 0. The number of unbranched alkanes of at least 4 members (excludes halogenated alkanes) is 2. The summed E-state index contributed by atoms with van der Waals surface area (Å²) in [6.45, 7) is 2.87. The summed E-state index contributed by atoms with van der Waals surface area (Å²) in [5.74, 6) is -8.31. The summed E-state index contributed by atoms with van der Waals surface area (Å²) in [4.78, 5) is 148. The number of carbonyl (C=O) groups is 10. The average molecular weight is 1080 g/mol. The Labute approximate surface area is 445 Å². The number of aryl methyl sites for hydroxylation is 1. The number of ether oxygens (including phenoxy) is 1. The highest BCUT2D eigenvalue weighted by Crippen LogP contribution is 2.46. The van der Waals surface area contributed by atoms with Gasteiger partial charge in [0.15, 0.2) is 5.60 Å². The van der Waals surface area contributed by atoms with Gasteiger partial charge in [0.25, 0.3) is 5.56 Å². The van der Waals surface area contributed by atoms with Crippen LogP contribution in [0.1, 0.15) is 110 Å². The van der Waals surface area contributed by atoms with Crippen molar-refractivity contribution in [2.45, 2.75) is 122 Å². The summed E-state index contributed by atoms with van der Waals surface area (Å²) in [6, 6.07) is 7.96. The first-order valence-corrected chi connectivity index (χ1v) is 25.8. The van der Waals surface area contributed by atoms with Crippen LogP contribution in [0.2, 0.25) is 0 Å². The number of rotatable bonds is 22. The smallest absolute Gasteiger partial charge is 0.343 e. The third kappa shape index (κ3) is 11.8. The molecule has 1 fully saturated rings. The molecule has 78 heavy (non-hydrogen) atoms. The molecule has 8 amide bonds. The highest BCUT2D eigenvalue weighted by atomic mass is 19.1. The summed E-state index contributed by atoms with van der Waals surface area (Å²) >= 11 is 0. The number of aromatic nitrogens is 2. The van der Waals surface area contributed by atoms with Crippen molar-refractivity contribution in [3.63, 3.8) is 0 Å². The second kappa shape index (κ2) is 23.5. The summed E-state index contributed by atoms with van der Waals surface area (Å²) in [5, 5.41) is 36.5. The Balaban J connectivity index is 0.869. The lowest BCUT2D eigenvalue weighted by Crippen LogP contribution is -2.53. The first-order chi connectivity index (χ1) is 37.2. The van der Waals surface area contributed by atoms with Gasteiger partial charge in [0.1, 0.15) is 24.5 Å². The summed E-state index contributed by atoms with van der Waals surface area (Å²) < 4.78 is 22.1. The number of pyridine rings is 2. The molecule has 24 heteroatoms. The Hall–Kier alpha value is -8.41. The first kappa shape index (κ1) is 55.8. The lowest BCUT2D eigenvalue weighted by Gasteiger charge is -2.31. The molecule has 8 N–H and O–H groups in total. The summed E-state index contributed by atoms with van der Waals surface area (Å²) in [5.41, 5.74) is 1.42. The van der Waals surface area contributed by atoms with Gasteiger partial charge >= 0.3 is 11.9 Å². The van der Waals surface area contributed by atoms with Crippen LogP contribution < -0.4 is 37.5 Å². The minimum atomic E-state index is -2.08. The molecular formula is C54H60FN9O14. The number of cyclic esters (lactones) is 1. The van der Waals surface area contributed by atoms with E-state index in [1.165, 1.54) is 15.5 Å². The van der Waals surface area contributed by atoms with E-state index in [1.807, 2.05) is 0 Å². The number of esters is 1. The molecule has 1 saturated heterocycles. The molecule has 0 spiro atoms. The highest BCUT2D eigenvalue weighted by molar-refractivity contribution is 6.03. The van der Waals surface area contributed by atoms with Crippen LogP contribution in [0.15, 0.2) is 47.3 Å². The van der Waals surface area contributed by atoms with Gasteiger partial charge in [0.2, 0.25) is 47.3 Å². The third-order valence-corrected chi connectivity index (χ3v) is 14.7. The average Bonchev–Trinajstić information content (AvgIpc) is 4.06. The second-order valence-corrected chi connectivity index (χ2v) is 20.0. The summed E-state index contributed by atoms with van der Waals surface area (Å²) in [6.07, 6.45) is 1.08. The molecule has 412 valence electrons. The number of benzene rings is 2. The minimum absolute atomic E-state index is 0.00865. The zero-order valence-corrected chi connectivity index (χ0v) is 43.2. The molecule has 4 aliphatic rings. The van der Waals surface area contributed by atoms with E-state index in [9.17, 15) is 63.0 Å². The van der Waals surface area contributed by atoms with Gasteiger partial charge in [-0.1, -0.05) is 50.6 Å². The van der Waals surface area contributed by atoms with E-state index in [1.54, 1.807) is 57.2 Å². The van der Waals surface area contributed by atoms with Crippen molar-refractivity contribution in [1.29, 1.82) is 0 Å². The molecule has 0 saturated carbocycles. The topological polar surface area (TPSA) is 331 Å². The molecule has 3 aliphatic heterocycles. The third-order valence-electron chi connectivity index (χ3n) is 14.7. The van der Waals surface area contributed by atoms with Gasteiger partial charge < -0.3 is 51.4 Å². The standard InChI is InChI=1S/C54H60FN9O14/c1-4-54(77)33-19-39-48-31(25-64(39)52(75)32(33)26-78-53(54)76)47-35(15-14-30-28(3)34(55)20-36(62-48)46(30)47)59-43(68)24-58-49(72)37(18-29-11-7-5-8-12-29)61-42(67)23-56-41(66)22-57-50(73)38(21-45(70)71)60-40(65)13-9-6-10-16-63-44(69)17-27(2)51(63)74/h5,7-8,11-12,19-20,27,35,37-38,77H,4,6,9-10,13-18,21-26H2,1-3H3,(H,56,66)(H,57,73)(H,58,72)(H,59,68)(H,60,65)(H,61,67)(H,70,71)/t27?,35-,37-,38-,54-/m0/s1. The molecule has 8 rings (SSSR count). The fourth-order valence-electron chi connectivity index (χ4n) is 10.5. The van der Waals surface area contributed by atoms with Crippen molar-refractivity contribution in [1.82, 2.24) is 46.4 Å². The molecule has 5 heterocycles. The number of aliphatic hydroxyl groups is 1. The Morgan fingerprint density at radius 2 is 1.55 bits per heavy atom. The number of imide groups is 1. The van der Waals surface area contributed by atoms with Crippen LogP contribution in [-0.4, -0.2) is 122 Å². The quantitative estimate of drug-likeness (QED) is 0.0268. The number of hydrogen-bond donors (Lipinski definition) is 8. The van der Waals surface area contributed by atoms with Gasteiger partial charge in [-0.15, -0.1) is 0 Å². The first-order valence-electron chi connectivity index (χ1n) is 25.8. The maximum Gasteiger partial charge on any atom is 0.343 e. The van der Waals surface area contributed by atoms with Crippen molar-refractivity contribution >= 4 is 70.1 Å². The van der Waals surface area contributed by atoms with Gasteiger partial charge in [-0.05, 0) is 67.3 Å². The van der Waals surface area contributed by atoms with E-state index >= 15 is 4.39 Å². The molecule has 0 bridgehead atoms. The van der Waals surface area contributed by atoms with E-state index in [0.29, 0.717) is 76.7 Å². The number of carboxylic acid groups (broad SMARTS) is 1. The number of halogens is 1. The maximum atomic E-state index is 15.5. The van der Waals surface area contributed by atoms with Gasteiger partial charge in [0.05, 0.1) is 61.1 Å². The van der Waals surface area contributed by atoms with E-state index in [-0.39, 0.29) is 79.8 Å². The Kier molecular flexibility index (Phi) is 16.8. The number of nitrogens with one attached hydrogen (secondary N) is 6. The largest absolute Gasteiger partial charge is 0.481 e. The predicted octanol–water partition coefficient (Wildman–Crippen LogP) is 0.622. The van der Waals surface area contributed by atoms with Crippen molar-refractivity contribution < 1.29 is 67.3 Å². The Morgan fingerprint density at radius 3 is 2.24 bits per heavy atom. The lowest BCUT2D eigenvalue weighted by molar-refractivity contribution is -0.172. The Bertz CT molecular complexity index is 3220. The maximum absolute atomic E-state index is 15.5. The second-order valence-electron chi connectivity index (χ2n) is 20.0. The number of likely N-dealkylation sites (tertiary alicyclic amines) is 1. The lowest BCUT2D eigenvalue weighted by atomic mass is 9.81. The molecule has 1 unspecified atom stereocenters. The van der Waals surface area contributed by atoms with Gasteiger partial charge in [-0.25, -0.2) is 14.2 Å². The van der Waals surface area contributed by atoms with Crippen molar-refractivity contribution in [3.8, 4) is 11.4 Å². The number of carboxylic acids is 1. The van der Waals surface area contributed by atoms with E-state index in [4.69, 9.17) is 9.72 Å². The molecule has 23 nitrogen and oxygen atoms in total. The van der Waals surface area contributed by atoms with Crippen molar-refractivity contribution in [2.75, 3.05) is 26.2 Å². The van der Waals surface area contributed by atoms with Crippen LogP contribution in [0.3, 0.4) is 0 Å². The number of carbonyl (C=O) groups excluding carboxylic acids is 9. The van der Waals surface area contributed by atoms with E-state index < -0.39 is 109 Å². The van der Waals surface area contributed by atoms with Crippen molar-refractivity contribution in [3.05, 3.63) is 97.6 Å². The van der Waals surface area contributed by atoms with Crippen LogP contribution in [-0.2, 0) is 84.3 Å². The molecule has 1 aliphatic carbocycles. The SMILES string of the molecule is CC[C@@]1(O)C(=O)OCc2c1cc1n(c2=O)Cc2c-1nc1cc(F)c(C)c3c1c2[C@@H](NC(=O)CNC(=O)[C@H](Cc1ccccc1)NC(=O)CNC(=O)CNC(=O)[C@H](CC(=O)O)NC(=O)CCCCCN1C(=O)CC(C)C1=O)CC3. The van der Waals surface area contributed by atoms with Gasteiger partial charge in [-0.2, -0.15) is 0 Å². The number of nitrogens with zero attached hydrogens (tertiary/aromatic N) is 3. The van der Waals surface area contributed by atoms with E-state index in [0.717, 1.165) is 0 Å². The fourth-order valence-corrected chi connectivity index (χ4v) is 10.5.